The normalized spacial score (nSPS) is 12.1. The van der Waals surface area contributed by atoms with Crippen LogP contribution in [0.15, 0.2) is 36.8 Å². The predicted molar refractivity (Wildman–Crippen MR) is 114 cm³/mol. The zero-order valence-corrected chi connectivity index (χ0v) is 17.5. The van der Waals surface area contributed by atoms with Gasteiger partial charge in [-0.2, -0.15) is 5.10 Å². The third kappa shape index (κ3) is 4.13. The summed E-state index contributed by atoms with van der Waals surface area (Å²) in [4.78, 5) is 25.7. The summed E-state index contributed by atoms with van der Waals surface area (Å²) < 4.78 is 16.2. The number of amides is 1. The lowest BCUT2D eigenvalue weighted by atomic mass is 10.1. The number of halogens is 1. The van der Waals surface area contributed by atoms with Gasteiger partial charge in [-0.1, -0.05) is 0 Å². The van der Waals surface area contributed by atoms with Gasteiger partial charge < -0.3 is 10.6 Å². The summed E-state index contributed by atoms with van der Waals surface area (Å²) in [6, 6.07) is 4.06. The van der Waals surface area contributed by atoms with E-state index in [9.17, 15) is 9.18 Å². The highest BCUT2D eigenvalue weighted by molar-refractivity contribution is 7.13. The summed E-state index contributed by atoms with van der Waals surface area (Å²) in [5, 5.41) is 11.1. The van der Waals surface area contributed by atoms with Crippen LogP contribution in [0.3, 0.4) is 0 Å². The highest BCUT2D eigenvalue weighted by atomic mass is 32.1. The van der Waals surface area contributed by atoms with Crippen molar-refractivity contribution in [2.45, 2.75) is 33.4 Å². The van der Waals surface area contributed by atoms with E-state index in [0.717, 1.165) is 11.6 Å². The summed E-state index contributed by atoms with van der Waals surface area (Å²) in [6.07, 6.45) is 4.95. The second-order valence-electron chi connectivity index (χ2n) is 6.75. The molecule has 0 aliphatic rings. The second-order valence-corrected chi connectivity index (χ2v) is 7.98. The lowest BCUT2D eigenvalue weighted by Gasteiger charge is -2.16. The number of anilines is 2. The first kappa shape index (κ1) is 19.9. The molecule has 0 saturated heterocycles. The number of hydrogen-bond donors (Lipinski definition) is 2. The Morgan fingerprint density at radius 2 is 2.13 bits per heavy atom. The number of carbonyl (C=O) groups is 1. The van der Waals surface area contributed by atoms with Gasteiger partial charge >= 0.3 is 0 Å². The van der Waals surface area contributed by atoms with Crippen molar-refractivity contribution in [3.63, 3.8) is 0 Å². The molecule has 4 aromatic rings. The molecule has 154 valence electrons. The van der Waals surface area contributed by atoms with E-state index >= 15 is 0 Å². The Morgan fingerprint density at radius 3 is 2.87 bits per heavy atom. The number of benzene rings is 1. The van der Waals surface area contributed by atoms with Gasteiger partial charge in [0.2, 0.25) is 5.65 Å². The van der Waals surface area contributed by atoms with Gasteiger partial charge in [0.05, 0.1) is 29.6 Å². The number of aryl methyl sites for hydroxylation is 2. The monoisotopic (exact) mass is 425 g/mol. The van der Waals surface area contributed by atoms with Crippen molar-refractivity contribution in [1.29, 1.82) is 0 Å². The lowest BCUT2D eigenvalue weighted by molar-refractivity contribution is 0.103. The van der Waals surface area contributed by atoms with E-state index in [2.05, 4.69) is 30.7 Å². The van der Waals surface area contributed by atoms with E-state index in [4.69, 9.17) is 0 Å². The van der Waals surface area contributed by atoms with E-state index in [0.29, 0.717) is 33.1 Å². The van der Waals surface area contributed by atoms with Gasteiger partial charge in [-0.3, -0.25) is 9.48 Å². The largest absolute Gasteiger partial charge is 0.362 e. The molecule has 0 bridgehead atoms. The van der Waals surface area contributed by atoms with E-state index < -0.39 is 6.04 Å². The molecule has 0 aliphatic carbocycles. The average molecular weight is 425 g/mol. The van der Waals surface area contributed by atoms with Crippen LogP contribution in [0.25, 0.3) is 11.2 Å². The number of rotatable bonds is 6. The standard InChI is InChI=1S/C20H20FN7OS/c1-4-28-10-16-19(27-28)26-18(9-23-16)24-11(2)14-7-13(5-6-15(14)21)25-20(29)17-8-22-12(3)30-17/h5-11H,4H2,1-3H3,(H,25,29)(H,24,26,27)/t11-/m0/s1. The smallest absolute Gasteiger partial charge is 0.267 e. The van der Waals surface area contributed by atoms with E-state index in [1.54, 1.807) is 16.9 Å². The molecule has 3 aromatic heterocycles. The highest BCUT2D eigenvalue weighted by Gasteiger charge is 2.16. The summed E-state index contributed by atoms with van der Waals surface area (Å²) in [6.45, 7) is 6.35. The molecule has 0 aliphatic heterocycles. The molecule has 10 heteroatoms. The highest BCUT2D eigenvalue weighted by Crippen LogP contribution is 2.25. The molecule has 0 unspecified atom stereocenters. The molecule has 1 atom stereocenters. The van der Waals surface area contributed by atoms with Crippen LogP contribution in [0.5, 0.6) is 0 Å². The topological polar surface area (TPSA) is 97.6 Å². The maximum Gasteiger partial charge on any atom is 0.267 e. The van der Waals surface area contributed by atoms with Crippen LogP contribution in [0.1, 0.15) is 40.1 Å². The molecule has 1 amide bonds. The number of fused-ring (bicyclic) bond motifs is 1. The van der Waals surface area contributed by atoms with Crippen LogP contribution < -0.4 is 10.6 Å². The molecular weight excluding hydrogens is 405 g/mol. The molecule has 2 N–H and O–H groups in total. The Bertz CT molecular complexity index is 1220. The van der Waals surface area contributed by atoms with Crippen molar-refractivity contribution < 1.29 is 9.18 Å². The zero-order valence-electron chi connectivity index (χ0n) is 16.7. The fraction of sp³-hybridized carbons (Fsp3) is 0.250. The van der Waals surface area contributed by atoms with Gasteiger partial charge in [-0.25, -0.2) is 19.3 Å². The molecule has 0 saturated carbocycles. The van der Waals surface area contributed by atoms with Crippen LogP contribution in [0.4, 0.5) is 15.9 Å². The molecule has 1 aromatic carbocycles. The number of hydrogen-bond acceptors (Lipinski definition) is 7. The Hall–Kier alpha value is -3.40. The van der Waals surface area contributed by atoms with E-state index in [-0.39, 0.29) is 11.7 Å². The first-order valence-electron chi connectivity index (χ1n) is 9.43. The van der Waals surface area contributed by atoms with Crippen LogP contribution in [-0.4, -0.2) is 30.6 Å². The molecule has 3 heterocycles. The lowest BCUT2D eigenvalue weighted by Crippen LogP contribution is -2.13. The number of nitrogens with one attached hydrogen (secondary N) is 2. The van der Waals surface area contributed by atoms with Crippen molar-refractivity contribution in [2.24, 2.45) is 0 Å². The Morgan fingerprint density at radius 1 is 1.30 bits per heavy atom. The van der Waals surface area contributed by atoms with Crippen molar-refractivity contribution in [3.8, 4) is 0 Å². The van der Waals surface area contributed by atoms with Gasteiger partial charge in [-0.05, 0) is 39.0 Å². The van der Waals surface area contributed by atoms with Crippen molar-refractivity contribution in [2.75, 3.05) is 10.6 Å². The van der Waals surface area contributed by atoms with Gasteiger partial charge in [0.15, 0.2) is 0 Å². The molecule has 8 nitrogen and oxygen atoms in total. The van der Waals surface area contributed by atoms with Gasteiger partial charge in [-0.15, -0.1) is 11.3 Å². The molecule has 0 fully saturated rings. The average Bonchev–Trinajstić information content (AvgIpc) is 3.34. The first-order chi connectivity index (χ1) is 14.4. The van der Waals surface area contributed by atoms with Gasteiger partial charge in [0, 0.05) is 17.8 Å². The zero-order chi connectivity index (χ0) is 21.3. The second kappa shape index (κ2) is 8.15. The quantitative estimate of drug-likeness (QED) is 0.481. The number of nitrogens with zero attached hydrogens (tertiary/aromatic N) is 5. The number of aromatic nitrogens is 5. The van der Waals surface area contributed by atoms with Crippen LogP contribution in [0.2, 0.25) is 0 Å². The molecular formula is C20H20FN7OS. The SMILES string of the molecule is CCn1cc2ncc(N[C@@H](C)c3cc(NC(=O)c4cnc(C)s4)ccc3F)nc2n1. The van der Waals surface area contributed by atoms with Crippen LogP contribution in [-0.2, 0) is 6.54 Å². The third-order valence-electron chi connectivity index (χ3n) is 4.53. The van der Waals surface area contributed by atoms with Crippen molar-refractivity contribution in [3.05, 3.63) is 58.1 Å². The minimum absolute atomic E-state index is 0.276. The summed E-state index contributed by atoms with van der Waals surface area (Å²) in [5.41, 5.74) is 2.12. The third-order valence-corrected chi connectivity index (χ3v) is 5.44. The maximum absolute atomic E-state index is 14.5. The fourth-order valence-electron chi connectivity index (χ4n) is 2.99. The summed E-state index contributed by atoms with van der Waals surface area (Å²) >= 11 is 1.30. The molecule has 4 rings (SSSR count). The molecule has 0 radical (unpaired) electrons. The Kier molecular flexibility index (Phi) is 5.40. The van der Waals surface area contributed by atoms with Crippen LogP contribution in [0, 0.1) is 12.7 Å². The predicted octanol–water partition coefficient (Wildman–Crippen LogP) is 4.18. The molecule has 30 heavy (non-hydrogen) atoms. The van der Waals surface area contributed by atoms with Crippen molar-refractivity contribution in [1.82, 2.24) is 24.7 Å². The number of thiazole rings is 1. The maximum atomic E-state index is 14.5. The van der Waals surface area contributed by atoms with Crippen molar-refractivity contribution >= 4 is 39.9 Å². The van der Waals surface area contributed by atoms with E-state index in [1.807, 2.05) is 27.0 Å². The first-order valence-corrected chi connectivity index (χ1v) is 10.2. The Balaban J connectivity index is 1.52. The van der Waals surface area contributed by atoms with E-state index in [1.165, 1.54) is 29.7 Å². The van der Waals surface area contributed by atoms with Crippen LogP contribution >= 0.6 is 11.3 Å². The minimum Gasteiger partial charge on any atom is -0.362 e. The van der Waals surface area contributed by atoms with Gasteiger partial charge in [0.1, 0.15) is 22.0 Å². The van der Waals surface area contributed by atoms with Gasteiger partial charge in [0.25, 0.3) is 5.91 Å². The summed E-state index contributed by atoms with van der Waals surface area (Å²) in [5.74, 6) is -0.169. The molecule has 0 spiro atoms. The Labute approximate surface area is 176 Å². The number of carbonyl (C=O) groups excluding carboxylic acids is 1. The minimum atomic E-state index is -0.410. The fourth-order valence-corrected chi connectivity index (χ4v) is 3.66. The summed E-state index contributed by atoms with van der Waals surface area (Å²) in [7, 11) is 0.